The third-order valence-corrected chi connectivity index (χ3v) is 3.42. The Morgan fingerprint density at radius 1 is 1.00 bits per heavy atom. The Labute approximate surface area is 131 Å². The van der Waals surface area contributed by atoms with Crippen molar-refractivity contribution in [3.8, 4) is 11.5 Å². The van der Waals surface area contributed by atoms with Crippen LogP contribution >= 0.6 is 0 Å². The number of ether oxygens (including phenoxy) is 2. The minimum atomic E-state index is -0.623. The molecule has 0 atom stereocenters. The molecule has 0 spiro atoms. The SMILES string of the molecule is COc1ccc(OC(=O)c2nn(C)c(=O)c3ccccc23)cc1. The summed E-state index contributed by atoms with van der Waals surface area (Å²) in [6.45, 7) is 0. The molecule has 0 amide bonds. The van der Waals surface area contributed by atoms with Crippen LogP contribution in [0.5, 0.6) is 11.5 Å². The molecule has 0 bridgehead atoms. The molecule has 0 radical (unpaired) electrons. The number of nitrogens with zero attached hydrogens (tertiary/aromatic N) is 2. The predicted octanol–water partition coefficient (Wildman–Crippen LogP) is 2.16. The van der Waals surface area contributed by atoms with E-state index in [0.717, 1.165) is 4.68 Å². The topological polar surface area (TPSA) is 70.4 Å². The lowest BCUT2D eigenvalue weighted by molar-refractivity contribution is 0.0728. The van der Waals surface area contributed by atoms with Gasteiger partial charge in [0.15, 0.2) is 5.69 Å². The molecule has 3 rings (SSSR count). The van der Waals surface area contributed by atoms with Crippen molar-refractivity contribution < 1.29 is 14.3 Å². The van der Waals surface area contributed by atoms with Gasteiger partial charge in [-0.05, 0) is 30.3 Å². The van der Waals surface area contributed by atoms with Gasteiger partial charge in [-0.25, -0.2) is 9.48 Å². The van der Waals surface area contributed by atoms with Gasteiger partial charge < -0.3 is 9.47 Å². The molecule has 1 aromatic heterocycles. The number of aryl methyl sites for hydroxylation is 1. The van der Waals surface area contributed by atoms with Gasteiger partial charge in [-0.15, -0.1) is 0 Å². The van der Waals surface area contributed by atoms with E-state index in [1.54, 1.807) is 55.6 Å². The number of aromatic nitrogens is 2. The minimum absolute atomic E-state index is 0.0959. The van der Waals surface area contributed by atoms with Crippen molar-refractivity contribution >= 4 is 16.7 Å². The molecule has 0 aliphatic rings. The quantitative estimate of drug-likeness (QED) is 0.547. The van der Waals surface area contributed by atoms with Gasteiger partial charge in [-0.3, -0.25) is 4.79 Å². The molecule has 0 aliphatic heterocycles. The van der Waals surface area contributed by atoms with Crippen LogP contribution in [0.2, 0.25) is 0 Å². The van der Waals surface area contributed by atoms with Crippen molar-refractivity contribution in [2.75, 3.05) is 7.11 Å². The van der Waals surface area contributed by atoms with E-state index in [1.165, 1.54) is 7.05 Å². The van der Waals surface area contributed by atoms with Gasteiger partial charge in [-0.2, -0.15) is 5.10 Å². The number of fused-ring (bicyclic) bond motifs is 1. The first-order valence-corrected chi connectivity index (χ1v) is 6.92. The van der Waals surface area contributed by atoms with Gasteiger partial charge in [0.1, 0.15) is 11.5 Å². The molecule has 0 saturated carbocycles. The Hall–Kier alpha value is -3.15. The maximum Gasteiger partial charge on any atom is 0.364 e. The minimum Gasteiger partial charge on any atom is -0.497 e. The summed E-state index contributed by atoms with van der Waals surface area (Å²) in [5.74, 6) is 0.410. The average molecular weight is 310 g/mol. The fourth-order valence-corrected chi connectivity index (χ4v) is 2.25. The maximum absolute atomic E-state index is 12.4. The van der Waals surface area contributed by atoms with E-state index in [9.17, 15) is 9.59 Å². The number of benzene rings is 2. The van der Waals surface area contributed by atoms with E-state index in [-0.39, 0.29) is 11.3 Å². The summed E-state index contributed by atoms with van der Waals surface area (Å²) in [7, 11) is 3.06. The highest BCUT2D eigenvalue weighted by Gasteiger charge is 2.17. The maximum atomic E-state index is 12.4. The molecule has 23 heavy (non-hydrogen) atoms. The molecule has 2 aromatic carbocycles. The predicted molar refractivity (Wildman–Crippen MR) is 84.9 cm³/mol. The molecular weight excluding hydrogens is 296 g/mol. The molecule has 116 valence electrons. The second-order valence-corrected chi connectivity index (χ2v) is 4.89. The number of hydrogen-bond donors (Lipinski definition) is 0. The zero-order valence-electron chi connectivity index (χ0n) is 12.6. The van der Waals surface area contributed by atoms with Crippen LogP contribution in [0, 0.1) is 0 Å². The second kappa shape index (κ2) is 5.92. The van der Waals surface area contributed by atoms with E-state index in [2.05, 4.69) is 5.10 Å². The van der Waals surface area contributed by atoms with E-state index in [4.69, 9.17) is 9.47 Å². The third kappa shape index (κ3) is 2.78. The van der Waals surface area contributed by atoms with Crippen molar-refractivity contribution in [2.45, 2.75) is 0 Å². The molecule has 0 saturated heterocycles. The van der Waals surface area contributed by atoms with E-state index in [1.807, 2.05) is 0 Å². The standard InChI is InChI=1S/C17H14N2O4/c1-19-16(20)14-6-4-3-5-13(14)15(18-19)17(21)23-12-9-7-11(22-2)8-10-12/h3-10H,1-2H3. The normalized spacial score (nSPS) is 10.5. The van der Waals surface area contributed by atoms with Crippen LogP contribution in [-0.4, -0.2) is 22.9 Å². The lowest BCUT2D eigenvalue weighted by atomic mass is 10.1. The first kappa shape index (κ1) is 14.8. The van der Waals surface area contributed by atoms with E-state index < -0.39 is 5.97 Å². The van der Waals surface area contributed by atoms with Crippen molar-refractivity contribution in [3.05, 3.63) is 64.6 Å². The number of methoxy groups -OCH3 is 1. The summed E-state index contributed by atoms with van der Waals surface area (Å²) >= 11 is 0. The Bertz CT molecular complexity index is 929. The lowest BCUT2D eigenvalue weighted by Gasteiger charge is -2.08. The fraction of sp³-hybridized carbons (Fsp3) is 0.118. The second-order valence-electron chi connectivity index (χ2n) is 4.89. The van der Waals surface area contributed by atoms with Crippen molar-refractivity contribution in [1.29, 1.82) is 0 Å². The molecule has 0 aliphatic carbocycles. The summed E-state index contributed by atoms with van der Waals surface area (Å²) in [6.07, 6.45) is 0. The summed E-state index contributed by atoms with van der Waals surface area (Å²) in [5, 5.41) is 4.93. The molecule has 0 fully saturated rings. The summed E-state index contributed by atoms with van der Waals surface area (Å²) in [4.78, 5) is 24.5. The summed E-state index contributed by atoms with van der Waals surface area (Å²) in [6, 6.07) is 13.4. The monoisotopic (exact) mass is 310 g/mol. The van der Waals surface area contributed by atoms with Gasteiger partial charge in [-0.1, -0.05) is 18.2 Å². The van der Waals surface area contributed by atoms with Crippen LogP contribution in [0.3, 0.4) is 0 Å². The molecule has 6 nitrogen and oxygen atoms in total. The van der Waals surface area contributed by atoms with Crippen molar-refractivity contribution in [2.24, 2.45) is 7.05 Å². The third-order valence-electron chi connectivity index (χ3n) is 3.42. The molecule has 0 N–H and O–H groups in total. The number of hydrogen-bond acceptors (Lipinski definition) is 5. The first-order chi connectivity index (χ1) is 11.1. The van der Waals surface area contributed by atoms with Crippen LogP contribution in [0.1, 0.15) is 10.5 Å². The zero-order chi connectivity index (χ0) is 16.4. The lowest BCUT2D eigenvalue weighted by Crippen LogP contribution is -2.24. The number of carbonyl (C=O) groups excluding carboxylic acids is 1. The number of esters is 1. The molecule has 0 unspecified atom stereocenters. The van der Waals surface area contributed by atoms with Crippen LogP contribution in [-0.2, 0) is 7.05 Å². The van der Waals surface area contributed by atoms with E-state index in [0.29, 0.717) is 22.3 Å². The van der Waals surface area contributed by atoms with E-state index >= 15 is 0 Å². The van der Waals surface area contributed by atoms with Crippen molar-refractivity contribution in [3.63, 3.8) is 0 Å². The van der Waals surface area contributed by atoms with Crippen LogP contribution in [0.4, 0.5) is 0 Å². The fourth-order valence-electron chi connectivity index (χ4n) is 2.25. The average Bonchev–Trinajstić information content (AvgIpc) is 2.58. The van der Waals surface area contributed by atoms with Gasteiger partial charge in [0.2, 0.25) is 0 Å². The molecule has 3 aromatic rings. The van der Waals surface area contributed by atoms with Gasteiger partial charge in [0.25, 0.3) is 5.56 Å². The highest BCUT2D eigenvalue weighted by Crippen LogP contribution is 2.19. The van der Waals surface area contributed by atoms with Gasteiger partial charge >= 0.3 is 5.97 Å². The molecule has 6 heteroatoms. The first-order valence-electron chi connectivity index (χ1n) is 6.92. The Balaban J connectivity index is 2.00. The van der Waals surface area contributed by atoms with Gasteiger partial charge in [0, 0.05) is 12.4 Å². The smallest absolute Gasteiger partial charge is 0.364 e. The summed E-state index contributed by atoms with van der Waals surface area (Å²) in [5.41, 5.74) is -0.167. The van der Waals surface area contributed by atoms with Crippen LogP contribution in [0.15, 0.2) is 53.3 Å². The molecular formula is C17H14N2O4. The van der Waals surface area contributed by atoms with Crippen LogP contribution in [0.25, 0.3) is 10.8 Å². The van der Waals surface area contributed by atoms with Gasteiger partial charge in [0.05, 0.1) is 12.5 Å². The highest BCUT2D eigenvalue weighted by molar-refractivity contribution is 6.02. The number of carbonyl (C=O) groups is 1. The molecule has 1 heterocycles. The number of rotatable bonds is 3. The zero-order valence-corrected chi connectivity index (χ0v) is 12.6. The Morgan fingerprint density at radius 3 is 2.26 bits per heavy atom. The highest BCUT2D eigenvalue weighted by atomic mass is 16.5. The Kier molecular flexibility index (Phi) is 3.80. The summed E-state index contributed by atoms with van der Waals surface area (Å²) < 4.78 is 11.5. The van der Waals surface area contributed by atoms with Crippen LogP contribution < -0.4 is 15.0 Å². The Morgan fingerprint density at radius 2 is 1.61 bits per heavy atom. The van der Waals surface area contributed by atoms with Crippen molar-refractivity contribution in [1.82, 2.24) is 9.78 Å². The largest absolute Gasteiger partial charge is 0.497 e.